The highest BCUT2D eigenvalue weighted by Crippen LogP contribution is 2.16. The van der Waals surface area contributed by atoms with Gasteiger partial charge in [-0.25, -0.2) is 4.98 Å². The number of aromatic nitrogens is 2. The van der Waals surface area contributed by atoms with E-state index < -0.39 is 6.10 Å². The molecule has 0 aliphatic rings. The summed E-state index contributed by atoms with van der Waals surface area (Å²) in [5.41, 5.74) is 1.70. The highest BCUT2D eigenvalue weighted by atomic mass is 16.5. The van der Waals surface area contributed by atoms with Gasteiger partial charge in [-0.1, -0.05) is 37.3 Å². The molecule has 112 valence electrons. The third kappa shape index (κ3) is 3.09. The second kappa shape index (κ2) is 6.30. The predicted octanol–water partition coefficient (Wildman–Crippen LogP) is 3.36. The van der Waals surface area contributed by atoms with Crippen molar-refractivity contribution in [2.24, 2.45) is 0 Å². The van der Waals surface area contributed by atoms with Gasteiger partial charge in [0.25, 0.3) is 5.91 Å². The summed E-state index contributed by atoms with van der Waals surface area (Å²) < 4.78 is 5.72. The molecule has 3 rings (SSSR count). The third-order valence-corrected chi connectivity index (χ3v) is 3.32. The monoisotopic (exact) mass is 295 g/mol. The number of benzene rings is 2. The van der Waals surface area contributed by atoms with Crippen LogP contribution in [0.5, 0.6) is 5.75 Å². The number of hydrogen-bond acceptors (Lipinski definition) is 3. The van der Waals surface area contributed by atoms with Gasteiger partial charge in [-0.15, -0.1) is 0 Å². The largest absolute Gasteiger partial charge is 0.481 e. The number of imidazole rings is 1. The highest BCUT2D eigenvalue weighted by Gasteiger charge is 2.19. The number of H-pyrrole nitrogens is 1. The van der Waals surface area contributed by atoms with Crippen molar-refractivity contribution < 1.29 is 9.53 Å². The Balaban J connectivity index is 1.71. The number of carbonyl (C=O) groups excluding carboxylic acids is 1. The molecular formula is C17H17N3O2. The van der Waals surface area contributed by atoms with Crippen LogP contribution in [0.1, 0.15) is 13.3 Å². The van der Waals surface area contributed by atoms with Crippen LogP contribution in [-0.4, -0.2) is 22.0 Å². The summed E-state index contributed by atoms with van der Waals surface area (Å²) in [4.78, 5) is 19.7. The number of para-hydroxylation sites is 3. The standard InChI is InChI=1S/C17H17N3O2/c1-2-15(22-12-8-4-3-5-9-12)16(21)20-17-18-13-10-6-7-11-14(13)19-17/h3-11,15H,2H2,1H3,(H2,18,19,20,21)/t15-/m1/s1. The van der Waals surface area contributed by atoms with Crippen molar-refractivity contribution in [3.8, 4) is 5.75 Å². The van der Waals surface area contributed by atoms with E-state index in [1.54, 1.807) is 0 Å². The average molecular weight is 295 g/mol. The Morgan fingerprint density at radius 1 is 1.18 bits per heavy atom. The van der Waals surface area contributed by atoms with Crippen LogP contribution < -0.4 is 10.1 Å². The predicted molar refractivity (Wildman–Crippen MR) is 85.9 cm³/mol. The molecule has 2 N–H and O–H groups in total. The molecule has 0 aliphatic carbocycles. The first-order valence-electron chi connectivity index (χ1n) is 7.23. The van der Waals surface area contributed by atoms with Crippen molar-refractivity contribution in [2.75, 3.05) is 5.32 Å². The van der Waals surface area contributed by atoms with E-state index in [1.807, 2.05) is 61.5 Å². The number of aromatic amines is 1. The fourth-order valence-corrected chi connectivity index (χ4v) is 2.19. The molecule has 1 atom stereocenters. The number of anilines is 1. The minimum Gasteiger partial charge on any atom is -0.481 e. The van der Waals surface area contributed by atoms with Gasteiger partial charge in [0.1, 0.15) is 5.75 Å². The number of nitrogens with one attached hydrogen (secondary N) is 2. The van der Waals surface area contributed by atoms with E-state index >= 15 is 0 Å². The van der Waals surface area contributed by atoms with Crippen molar-refractivity contribution in [2.45, 2.75) is 19.4 Å². The maximum Gasteiger partial charge on any atom is 0.267 e. The molecule has 0 unspecified atom stereocenters. The lowest BCUT2D eigenvalue weighted by atomic mass is 10.2. The normalized spacial score (nSPS) is 12.0. The number of amides is 1. The summed E-state index contributed by atoms with van der Waals surface area (Å²) in [6, 6.07) is 16.9. The summed E-state index contributed by atoms with van der Waals surface area (Å²) >= 11 is 0. The molecule has 22 heavy (non-hydrogen) atoms. The van der Waals surface area contributed by atoms with Crippen molar-refractivity contribution in [1.82, 2.24) is 9.97 Å². The highest BCUT2D eigenvalue weighted by molar-refractivity contribution is 5.94. The SMILES string of the molecule is CC[C@@H](Oc1ccccc1)C(=O)Nc1nc2ccccc2[nH]1. The Hall–Kier alpha value is -2.82. The Morgan fingerprint density at radius 3 is 2.64 bits per heavy atom. The van der Waals surface area contributed by atoms with E-state index in [-0.39, 0.29) is 5.91 Å². The molecule has 3 aromatic rings. The Morgan fingerprint density at radius 2 is 1.91 bits per heavy atom. The maximum absolute atomic E-state index is 12.3. The first-order chi connectivity index (χ1) is 10.8. The van der Waals surface area contributed by atoms with E-state index in [0.717, 1.165) is 11.0 Å². The first-order valence-corrected chi connectivity index (χ1v) is 7.23. The van der Waals surface area contributed by atoms with E-state index in [2.05, 4.69) is 15.3 Å². The lowest BCUT2D eigenvalue weighted by Crippen LogP contribution is -2.32. The topological polar surface area (TPSA) is 67.0 Å². The molecule has 2 aromatic carbocycles. The minimum absolute atomic E-state index is 0.217. The zero-order valence-electron chi connectivity index (χ0n) is 12.2. The van der Waals surface area contributed by atoms with Crippen LogP contribution in [0.3, 0.4) is 0 Å². The molecule has 0 radical (unpaired) electrons. The molecule has 0 fully saturated rings. The molecule has 1 aromatic heterocycles. The van der Waals surface area contributed by atoms with Crippen LogP contribution in [0.2, 0.25) is 0 Å². The third-order valence-electron chi connectivity index (χ3n) is 3.32. The Kier molecular flexibility index (Phi) is 4.05. The van der Waals surface area contributed by atoms with E-state index in [4.69, 9.17) is 4.74 Å². The van der Waals surface area contributed by atoms with Gasteiger partial charge in [0.2, 0.25) is 5.95 Å². The average Bonchev–Trinajstić information content (AvgIpc) is 2.95. The summed E-state index contributed by atoms with van der Waals surface area (Å²) in [5.74, 6) is 0.890. The fourth-order valence-electron chi connectivity index (χ4n) is 2.19. The smallest absolute Gasteiger partial charge is 0.267 e. The fraction of sp³-hybridized carbons (Fsp3) is 0.176. The van der Waals surface area contributed by atoms with E-state index in [9.17, 15) is 4.79 Å². The van der Waals surface area contributed by atoms with Crippen LogP contribution in [0.4, 0.5) is 5.95 Å². The van der Waals surface area contributed by atoms with Crippen LogP contribution in [0.25, 0.3) is 11.0 Å². The molecule has 5 nitrogen and oxygen atoms in total. The van der Waals surface area contributed by atoms with Crippen molar-refractivity contribution in [3.63, 3.8) is 0 Å². The zero-order chi connectivity index (χ0) is 15.4. The van der Waals surface area contributed by atoms with Crippen LogP contribution in [0.15, 0.2) is 54.6 Å². The molecule has 0 saturated heterocycles. The van der Waals surface area contributed by atoms with Gasteiger partial charge < -0.3 is 9.72 Å². The summed E-state index contributed by atoms with van der Waals surface area (Å²) in [7, 11) is 0. The summed E-state index contributed by atoms with van der Waals surface area (Å²) in [5, 5.41) is 2.77. The van der Waals surface area contributed by atoms with Crippen molar-refractivity contribution in [1.29, 1.82) is 0 Å². The van der Waals surface area contributed by atoms with Crippen LogP contribution in [-0.2, 0) is 4.79 Å². The zero-order valence-corrected chi connectivity index (χ0v) is 12.2. The van der Waals surface area contributed by atoms with Gasteiger partial charge in [-0.3, -0.25) is 10.1 Å². The number of fused-ring (bicyclic) bond motifs is 1. The number of rotatable bonds is 5. The number of carbonyl (C=O) groups is 1. The lowest BCUT2D eigenvalue weighted by Gasteiger charge is -2.16. The van der Waals surface area contributed by atoms with Gasteiger partial charge in [0, 0.05) is 0 Å². The van der Waals surface area contributed by atoms with Crippen molar-refractivity contribution in [3.05, 3.63) is 54.6 Å². The second-order valence-electron chi connectivity index (χ2n) is 4.92. The molecule has 0 aliphatic heterocycles. The number of hydrogen-bond donors (Lipinski definition) is 2. The molecular weight excluding hydrogens is 278 g/mol. The van der Waals surface area contributed by atoms with Gasteiger partial charge >= 0.3 is 0 Å². The lowest BCUT2D eigenvalue weighted by molar-refractivity contribution is -0.122. The summed E-state index contributed by atoms with van der Waals surface area (Å²) in [6.07, 6.45) is 0.0108. The Labute approximate surface area is 128 Å². The number of ether oxygens (including phenoxy) is 1. The summed E-state index contributed by atoms with van der Waals surface area (Å²) in [6.45, 7) is 1.91. The molecule has 5 heteroatoms. The quantitative estimate of drug-likeness (QED) is 0.758. The molecule has 0 spiro atoms. The van der Waals surface area contributed by atoms with E-state index in [0.29, 0.717) is 18.1 Å². The van der Waals surface area contributed by atoms with E-state index in [1.165, 1.54) is 0 Å². The van der Waals surface area contributed by atoms with Gasteiger partial charge in [-0.05, 0) is 30.7 Å². The molecule has 1 amide bonds. The maximum atomic E-state index is 12.3. The molecule has 0 saturated carbocycles. The van der Waals surface area contributed by atoms with Gasteiger partial charge in [0.05, 0.1) is 11.0 Å². The number of nitrogens with zero attached hydrogens (tertiary/aromatic N) is 1. The first kappa shape index (κ1) is 14.1. The molecule has 0 bridgehead atoms. The minimum atomic E-state index is -0.560. The van der Waals surface area contributed by atoms with Gasteiger partial charge in [0.15, 0.2) is 6.10 Å². The molecule has 1 heterocycles. The van der Waals surface area contributed by atoms with Crippen LogP contribution in [0, 0.1) is 0 Å². The second-order valence-corrected chi connectivity index (χ2v) is 4.92. The Bertz CT molecular complexity index is 735. The van der Waals surface area contributed by atoms with Gasteiger partial charge in [-0.2, -0.15) is 0 Å². The van der Waals surface area contributed by atoms with Crippen molar-refractivity contribution >= 4 is 22.9 Å². The van der Waals surface area contributed by atoms with Crippen LogP contribution >= 0.6 is 0 Å².